The van der Waals surface area contributed by atoms with E-state index in [0.29, 0.717) is 0 Å². The lowest BCUT2D eigenvalue weighted by atomic mass is 10.3. The Morgan fingerprint density at radius 3 is 1.70 bits per heavy atom. The third-order valence-electron chi connectivity index (χ3n) is 3.82. The van der Waals surface area contributed by atoms with Crippen molar-refractivity contribution in [3.05, 3.63) is 90.0 Å². The molecule has 0 N–H and O–H groups in total. The average molecular weight is 341 g/mol. The summed E-state index contributed by atoms with van der Waals surface area (Å²) in [7, 11) is 1.71. The van der Waals surface area contributed by atoms with Crippen LogP contribution in [0.25, 0.3) is 0 Å². The van der Waals surface area contributed by atoms with Gasteiger partial charge in [-0.1, -0.05) is 90.5 Å². The molecule has 1 nitrogen and oxygen atoms in total. The lowest BCUT2D eigenvalue weighted by molar-refractivity contribution is 0.431. The summed E-state index contributed by atoms with van der Waals surface area (Å²) >= 11 is 6.60. The molecule has 0 saturated heterocycles. The first-order chi connectivity index (χ1) is 11.3. The Morgan fingerprint density at radius 1 is 0.739 bits per heavy atom. The minimum absolute atomic E-state index is 0.766. The molecule has 0 aromatic heterocycles. The fraction of sp³-hybridized carbons (Fsp3) is 0.0500. The van der Waals surface area contributed by atoms with Crippen LogP contribution < -0.4 is 15.9 Å². The predicted octanol–water partition coefficient (Wildman–Crippen LogP) is 4.04. The van der Waals surface area contributed by atoms with Crippen molar-refractivity contribution in [3.63, 3.8) is 0 Å². The molecule has 0 aliphatic rings. The second kappa shape index (κ2) is 7.19. The smallest absolute Gasteiger partial charge is 0.0489 e. The monoisotopic (exact) mass is 340 g/mol. The lowest BCUT2D eigenvalue weighted by Gasteiger charge is -2.28. The Morgan fingerprint density at radius 2 is 1.22 bits per heavy atom. The Labute approximate surface area is 142 Å². The van der Waals surface area contributed by atoms with E-state index < -0.39 is 6.89 Å². The van der Waals surface area contributed by atoms with Gasteiger partial charge in [0, 0.05) is 30.3 Å². The SMILES string of the molecule is COC=P(c1ccccc1)(c1ccccc1)c1ccccc1Cl. The van der Waals surface area contributed by atoms with Gasteiger partial charge in [0.2, 0.25) is 0 Å². The van der Waals surface area contributed by atoms with Crippen LogP contribution in [0.4, 0.5) is 0 Å². The summed E-state index contributed by atoms with van der Waals surface area (Å²) < 4.78 is 5.59. The molecule has 3 heteroatoms. The highest BCUT2D eigenvalue weighted by atomic mass is 35.5. The molecule has 0 radical (unpaired) electrons. The van der Waals surface area contributed by atoms with Crippen LogP contribution in [-0.4, -0.2) is 13.1 Å². The van der Waals surface area contributed by atoms with Crippen LogP contribution in [0.3, 0.4) is 0 Å². The van der Waals surface area contributed by atoms with Crippen molar-refractivity contribution in [2.45, 2.75) is 0 Å². The fourth-order valence-electron chi connectivity index (χ4n) is 2.83. The zero-order valence-corrected chi connectivity index (χ0v) is 14.5. The van der Waals surface area contributed by atoms with Crippen LogP contribution in [0.2, 0.25) is 5.02 Å². The molecular formula is C20H18ClOP. The Hall–Kier alpha value is -1.79. The maximum Gasteiger partial charge on any atom is 0.0489 e. The first kappa shape index (κ1) is 16.1. The number of ether oxygens (including phenoxy) is 1. The van der Waals surface area contributed by atoms with Gasteiger partial charge in [0.05, 0.1) is 0 Å². The molecule has 0 heterocycles. The quantitative estimate of drug-likeness (QED) is 0.651. The molecule has 0 fully saturated rings. The molecule has 0 aliphatic heterocycles. The fourth-order valence-corrected chi connectivity index (χ4v) is 6.91. The number of benzene rings is 3. The summed E-state index contributed by atoms with van der Waals surface area (Å²) in [6.45, 7) is -2.07. The molecule has 0 aliphatic carbocycles. The minimum Gasteiger partial charge on any atom is -0.356 e. The number of rotatable bonds is 4. The van der Waals surface area contributed by atoms with Crippen molar-refractivity contribution in [1.29, 1.82) is 0 Å². The van der Waals surface area contributed by atoms with Gasteiger partial charge in [0.15, 0.2) is 0 Å². The normalized spacial score (nSPS) is 11.2. The Kier molecular flexibility index (Phi) is 5.03. The van der Waals surface area contributed by atoms with Gasteiger partial charge in [-0.15, -0.1) is 0 Å². The van der Waals surface area contributed by atoms with E-state index in [4.69, 9.17) is 16.3 Å². The van der Waals surface area contributed by atoms with Crippen LogP contribution >= 0.6 is 18.5 Å². The molecule has 3 aromatic carbocycles. The van der Waals surface area contributed by atoms with Gasteiger partial charge in [-0.3, -0.25) is 0 Å². The summed E-state index contributed by atoms with van der Waals surface area (Å²) in [6, 6.07) is 29.0. The number of hydrogen-bond donors (Lipinski definition) is 0. The largest absolute Gasteiger partial charge is 0.356 e. The van der Waals surface area contributed by atoms with Gasteiger partial charge in [-0.05, 0) is 16.7 Å². The summed E-state index contributed by atoms with van der Waals surface area (Å²) in [6.07, 6.45) is 0. The lowest BCUT2D eigenvalue weighted by Crippen LogP contribution is -2.28. The molecule has 0 spiro atoms. The van der Waals surface area contributed by atoms with Gasteiger partial charge in [-0.25, -0.2) is 0 Å². The third-order valence-corrected chi connectivity index (χ3v) is 8.19. The van der Waals surface area contributed by atoms with Crippen LogP contribution in [0.5, 0.6) is 0 Å². The van der Waals surface area contributed by atoms with Gasteiger partial charge in [0.1, 0.15) is 0 Å². The molecule has 3 rings (SSSR count). The Bertz CT molecular complexity index is 785. The van der Waals surface area contributed by atoms with E-state index in [1.807, 2.05) is 36.3 Å². The first-order valence-electron chi connectivity index (χ1n) is 7.41. The Balaban J connectivity index is 2.43. The molecule has 0 unspecified atom stereocenters. The zero-order valence-electron chi connectivity index (χ0n) is 12.9. The average Bonchev–Trinajstić information content (AvgIpc) is 2.62. The highest BCUT2D eigenvalue weighted by molar-refractivity contribution is 7.94. The second-order valence-electron chi connectivity index (χ2n) is 5.19. The maximum absolute atomic E-state index is 6.60. The van der Waals surface area contributed by atoms with Crippen LogP contribution in [0, 0.1) is 0 Å². The predicted molar refractivity (Wildman–Crippen MR) is 103 cm³/mol. The molecule has 3 aromatic rings. The van der Waals surface area contributed by atoms with E-state index in [1.54, 1.807) is 7.11 Å². The highest BCUT2D eigenvalue weighted by Gasteiger charge is 2.27. The standard InChI is InChI=1S/C20H18ClOP/c1-22-16-23(17-10-4-2-5-11-17,18-12-6-3-7-13-18)20-15-9-8-14-19(20)21/h2-16H,1H3. The topological polar surface area (TPSA) is 9.23 Å². The van der Waals surface area contributed by atoms with Crippen molar-refractivity contribution in [2.24, 2.45) is 0 Å². The molecule has 116 valence electrons. The highest BCUT2D eigenvalue weighted by Crippen LogP contribution is 2.45. The van der Waals surface area contributed by atoms with Gasteiger partial charge < -0.3 is 4.74 Å². The van der Waals surface area contributed by atoms with Crippen LogP contribution in [0.15, 0.2) is 84.9 Å². The summed E-state index contributed by atoms with van der Waals surface area (Å²) in [5, 5.41) is 4.32. The van der Waals surface area contributed by atoms with Gasteiger partial charge >= 0.3 is 0 Å². The third kappa shape index (κ3) is 3.01. The summed E-state index contributed by atoms with van der Waals surface area (Å²) in [5.74, 6) is 1.97. The molecule has 0 amide bonds. The molecular weight excluding hydrogens is 323 g/mol. The van der Waals surface area contributed by atoms with Crippen LogP contribution in [-0.2, 0) is 4.74 Å². The molecule has 23 heavy (non-hydrogen) atoms. The van der Waals surface area contributed by atoms with E-state index in [0.717, 1.165) is 10.3 Å². The number of halogens is 1. The number of methoxy groups -OCH3 is 1. The summed E-state index contributed by atoms with van der Waals surface area (Å²) in [4.78, 5) is 0. The molecule has 0 bridgehead atoms. The van der Waals surface area contributed by atoms with Crippen molar-refractivity contribution in [1.82, 2.24) is 0 Å². The zero-order chi connectivity index (χ0) is 16.1. The van der Waals surface area contributed by atoms with E-state index >= 15 is 0 Å². The van der Waals surface area contributed by atoms with Crippen molar-refractivity contribution in [3.8, 4) is 0 Å². The second-order valence-corrected chi connectivity index (χ2v) is 8.76. The summed E-state index contributed by atoms with van der Waals surface area (Å²) in [5.41, 5.74) is 0. The van der Waals surface area contributed by atoms with Gasteiger partial charge in [-0.2, -0.15) is 0 Å². The van der Waals surface area contributed by atoms with Crippen molar-refractivity contribution >= 4 is 40.4 Å². The number of hydrogen-bond acceptors (Lipinski definition) is 1. The van der Waals surface area contributed by atoms with E-state index in [-0.39, 0.29) is 0 Å². The van der Waals surface area contributed by atoms with E-state index in [2.05, 4.69) is 54.6 Å². The van der Waals surface area contributed by atoms with Crippen LogP contribution in [0.1, 0.15) is 0 Å². The van der Waals surface area contributed by atoms with Gasteiger partial charge in [0.25, 0.3) is 0 Å². The van der Waals surface area contributed by atoms with E-state index in [1.165, 1.54) is 10.6 Å². The van der Waals surface area contributed by atoms with Crippen molar-refractivity contribution in [2.75, 3.05) is 7.11 Å². The molecule has 0 atom stereocenters. The maximum atomic E-state index is 6.60. The van der Waals surface area contributed by atoms with E-state index in [9.17, 15) is 0 Å². The minimum atomic E-state index is -2.07. The molecule has 0 saturated carbocycles. The first-order valence-corrected chi connectivity index (χ1v) is 9.65. The van der Waals surface area contributed by atoms with Crippen molar-refractivity contribution < 1.29 is 4.74 Å².